The topological polar surface area (TPSA) is 105 Å². The molecule has 9 heteroatoms. The lowest BCUT2D eigenvalue weighted by molar-refractivity contribution is 0.134. The van der Waals surface area contributed by atoms with Gasteiger partial charge in [0.2, 0.25) is 0 Å². The highest BCUT2D eigenvalue weighted by Crippen LogP contribution is 2.38. The van der Waals surface area contributed by atoms with Crippen molar-refractivity contribution in [1.82, 2.24) is 35.3 Å². The van der Waals surface area contributed by atoms with Crippen molar-refractivity contribution < 1.29 is 5.11 Å². The number of benzene rings is 1. The number of halogens is 1. The molecular weight excluding hydrogens is 426 g/mol. The lowest BCUT2D eigenvalue weighted by atomic mass is 9.79. The lowest BCUT2D eigenvalue weighted by Gasteiger charge is -2.46. The Balaban J connectivity index is 0.00000245. The normalized spacial score (nSPS) is 17.9. The molecule has 0 saturated carbocycles. The molecule has 3 N–H and O–H groups in total. The Labute approximate surface area is 192 Å². The number of hydrogen-bond acceptors (Lipinski definition) is 6. The SMILES string of the molecule is CC1(C)CC(n2cnc3cc(-c4ccc(-c5cn[nH]c5)cc4O)nnc32)CC(C)(C)N1.Cl. The first-order valence-corrected chi connectivity index (χ1v) is 10.5. The van der Waals surface area contributed by atoms with Crippen LogP contribution < -0.4 is 5.32 Å². The summed E-state index contributed by atoms with van der Waals surface area (Å²) in [6.45, 7) is 8.94. The number of rotatable bonds is 3. The van der Waals surface area contributed by atoms with Gasteiger partial charge in [0.25, 0.3) is 0 Å². The first-order chi connectivity index (χ1) is 14.7. The van der Waals surface area contributed by atoms with E-state index in [9.17, 15) is 5.11 Å². The predicted octanol–water partition coefficient (Wildman–Crippen LogP) is 4.49. The summed E-state index contributed by atoms with van der Waals surface area (Å²) in [5, 5.41) is 30.0. The van der Waals surface area contributed by atoms with Crippen LogP contribution in [0.25, 0.3) is 33.5 Å². The Morgan fingerprint density at radius 3 is 2.44 bits per heavy atom. The summed E-state index contributed by atoms with van der Waals surface area (Å²) in [6, 6.07) is 7.68. The minimum atomic E-state index is 0. The van der Waals surface area contributed by atoms with Crippen molar-refractivity contribution in [1.29, 1.82) is 0 Å². The molecule has 1 saturated heterocycles. The van der Waals surface area contributed by atoms with Crippen LogP contribution in [-0.4, -0.2) is 46.1 Å². The maximum absolute atomic E-state index is 10.6. The van der Waals surface area contributed by atoms with Crippen molar-refractivity contribution >= 4 is 23.6 Å². The van der Waals surface area contributed by atoms with Gasteiger partial charge in [-0.15, -0.1) is 22.6 Å². The molecule has 0 spiro atoms. The molecule has 0 aliphatic carbocycles. The molecule has 8 nitrogen and oxygen atoms in total. The third-order valence-corrected chi connectivity index (χ3v) is 5.99. The standard InChI is InChI=1S/C23H27N7O.ClH/c1-22(2)9-16(10-23(3,4)29-22)30-13-24-19-8-18(27-28-21(19)30)17-6-5-14(7-20(17)31)15-11-25-26-12-15;/h5-8,11-13,16,29,31H,9-10H2,1-4H3,(H,25,26);1H. The summed E-state index contributed by atoms with van der Waals surface area (Å²) in [7, 11) is 0. The summed E-state index contributed by atoms with van der Waals surface area (Å²) in [5.41, 5.74) is 4.62. The Kier molecular flexibility index (Phi) is 5.46. The van der Waals surface area contributed by atoms with Crippen LogP contribution in [0.4, 0.5) is 0 Å². The molecular formula is C23H28ClN7O. The van der Waals surface area contributed by atoms with Crippen LogP contribution in [0.1, 0.15) is 46.6 Å². The Hall–Kier alpha value is -2.97. The smallest absolute Gasteiger partial charge is 0.182 e. The van der Waals surface area contributed by atoms with Gasteiger partial charge in [-0.1, -0.05) is 6.07 Å². The molecule has 0 atom stereocenters. The Morgan fingerprint density at radius 1 is 1.03 bits per heavy atom. The fourth-order valence-corrected chi connectivity index (χ4v) is 5.03. The molecule has 0 unspecified atom stereocenters. The average molecular weight is 454 g/mol. The molecule has 32 heavy (non-hydrogen) atoms. The molecule has 1 aliphatic heterocycles. The van der Waals surface area contributed by atoms with E-state index >= 15 is 0 Å². The van der Waals surface area contributed by atoms with Gasteiger partial charge in [-0.2, -0.15) is 5.10 Å². The summed E-state index contributed by atoms with van der Waals surface area (Å²) in [4.78, 5) is 4.61. The zero-order chi connectivity index (χ0) is 21.8. The van der Waals surface area contributed by atoms with Crippen LogP contribution in [0, 0.1) is 0 Å². The van der Waals surface area contributed by atoms with E-state index in [2.05, 4.69) is 63.0 Å². The van der Waals surface area contributed by atoms with Crippen molar-refractivity contribution in [2.45, 2.75) is 57.7 Å². The molecule has 1 fully saturated rings. The number of aromatic amines is 1. The van der Waals surface area contributed by atoms with E-state index in [1.807, 2.05) is 24.5 Å². The minimum absolute atomic E-state index is 0. The number of phenolic OH excluding ortho intramolecular Hbond substituents is 1. The van der Waals surface area contributed by atoms with Crippen molar-refractivity contribution in [3.63, 3.8) is 0 Å². The zero-order valence-corrected chi connectivity index (χ0v) is 19.4. The van der Waals surface area contributed by atoms with Crippen LogP contribution in [-0.2, 0) is 0 Å². The Bertz CT molecular complexity index is 1230. The van der Waals surface area contributed by atoms with Crippen molar-refractivity contribution in [3.8, 4) is 28.1 Å². The molecule has 4 aromatic rings. The highest BCUT2D eigenvalue weighted by Gasteiger charge is 2.38. The number of fused-ring (bicyclic) bond motifs is 1. The number of hydrogen-bond donors (Lipinski definition) is 3. The first kappa shape index (κ1) is 22.2. The van der Waals surface area contributed by atoms with Crippen LogP contribution in [0.3, 0.4) is 0 Å². The van der Waals surface area contributed by atoms with Gasteiger partial charge in [-0.3, -0.25) is 5.10 Å². The van der Waals surface area contributed by atoms with Crippen molar-refractivity contribution in [3.05, 3.63) is 43.0 Å². The third-order valence-electron chi connectivity index (χ3n) is 5.99. The fourth-order valence-electron chi connectivity index (χ4n) is 5.03. The molecule has 0 radical (unpaired) electrons. The van der Waals surface area contributed by atoms with Gasteiger partial charge in [0.1, 0.15) is 11.3 Å². The van der Waals surface area contributed by atoms with Crippen LogP contribution in [0.5, 0.6) is 5.75 Å². The second-order valence-electron chi connectivity index (χ2n) is 9.76. The van der Waals surface area contributed by atoms with E-state index in [0.29, 0.717) is 17.3 Å². The molecule has 4 heterocycles. The maximum atomic E-state index is 10.6. The Morgan fingerprint density at radius 2 is 1.78 bits per heavy atom. The highest BCUT2D eigenvalue weighted by atomic mass is 35.5. The van der Waals surface area contributed by atoms with Gasteiger partial charge in [-0.05, 0) is 64.3 Å². The second-order valence-corrected chi connectivity index (χ2v) is 9.76. The number of imidazole rings is 1. The van der Waals surface area contributed by atoms with E-state index < -0.39 is 0 Å². The van der Waals surface area contributed by atoms with Gasteiger partial charge in [0.15, 0.2) is 5.65 Å². The van der Waals surface area contributed by atoms with Gasteiger partial charge in [-0.25, -0.2) is 4.98 Å². The largest absolute Gasteiger partial charge is 0.507 e. The molecule has 1 aliphatic rings. The average Bonchev–Trinajstić information content (AvgIpc) is 3.35. The van der Waals surface area contributed by atoms with E-state index in [1.165, 1.54) is 0 Å². The van der Waals surface area contributed by atoms with Crippen LogP contribution in [0.15, 0.2) is 43.0 Å². The van der Waals surface area contributed by atoms with Gasteiger partial charge in [0.05, 0.1) is 18.2 Å². The van der Waals surface area contributed by atoms with Crippen molar-refractivity contribution in [2.75, 3.05) is 0 Å². The van der Waals surface area contributed by atoms with Gasteiger partial charge in [0, 0.05) is 34.4 Å². The molecule has 0 bridgehead atoms. The quantitative estimate of drug-likeness (QED) is 0.422. The van der Waals surface area contributed by atoms with Gasteiger partial charge >= 0.3 is 0 Å². The van der Waals surface area contributed by atoms with E-state index in [-0.39, 0.29) is 29.2 Å². The summed E-state index contributed by atoms with van der Waals surface area (Å²) in [6.07, 6.45) is 7.35. The number of aromatic hydroxyl groups is 1. The number of phenols is 1. The van der Waals surface area contributed by atoms with E-state index in [0.717, 1.165) is 35.1 Å². The number of nitrogens with zero attached hydrogens (tertiary/aromatic N) is 5. The minimum Gasteiger partial charge on any atom is -0.507 e. The molecule has 5 rings (SSSR count). The van der Waals surface area contributed by atoms with Crippen LogP contribution >= 0.6 is 12.4 Å². The van der Waals surface area contributed by atoms with Crippen molar-refractivity contribution in [2.24, 2.45) is 0 Å². The number of aromatic nitrogens is 6. The van der Waals surface area contributed by atoms with Gasteiger partial charge < -0.3 is 15.0 Å². The molecule has 1 aromatic carbocycles. The molecule has 0 amide bonds. The van der Waals surface area contributed by atoms with E-state index in [1.54, 1.807) is 18.5 Å². The summed E-state index contributed by atoms with van der Waals surface area (Å²) >= 11 is 0. The molecule has 168 valence electrons. The monoisotopic (exact) mass is 453 g/mol. The van der Waals surface area contributed by atoms with E-state index in [4.69, 9.17) is 0 Å². The zero-order valence-electron chi connectivity index (χ0n) is 18.6. The fraction of sp³-hybridized carbons (Fsp3) is 0.391. The first-order valence-electron chi connectivity index (χ1n) is 10.5. The second kappa shape index (κ2) is 7.86. The number of H-pyrrole nitrogens is 1. The van der Waals surface area contributed by atoms with Crippen LogP contribution in [0.2, 0.25) is 0 Å². The predicted molar refractivity (Wildman–Crippen MR) is 127 cm³/mol. The number of nitrogens with one attached hydrogen (secondary N) is 2. The number of piperidine rings is 1. The molecule has 3 aromatic heterocycles. The summed E-state index contributed by atoms with van der Waals surface area (Å²) < 4.78 is 2.15. The lowest BCUT2D eigenvalue weighted by Crippen LogP contribution is -2.57. The maximum Gasteiger partial charge on any atom is 0.182 e. The third kappa shape index (κ3) is 4.08. The highest BCUT2D eigenvalue weighted by molar-refractivity contribution is 5.85. The summed E-state index contributed by atoms with van der Waals surface area (Å²) in [5.74, 6) is 0.147.